The fourth-order valence-corrected chi connectivity index (χ4v) is 3.63. The minimum atomic E-state index is 0.156. The van der Waals surface area contributed by atoms with Gasteiger partial charge in [-0.05, 0) is 32.0 Å². The number of aryl methyl sites for hydroxylation is 1. The van der Waals surface area contributed by atoms with Gasteiger partial charge in [0.1, 0.15) is 0 Å². The molecule has 1 aliphatic carbocycles. The molecule has 3 rings (SSSR count). The monoisotopic (exact) mass is 284 g/mol. The summed E-state index contributed by atoms with van der Waals surface area (Å²) in [4.78, 5) is 15.3. The maximum absolute atomic E-state index is 13.0. The van der Waals surface area contributed by atoms with Gasteiger partial charge in [0.05, 0.1) is 0 Å². The highest BCUT2D eigenvalue weighted by Gasteiger charge is 2.32. The number of benzene rings is 1. The number of aromatic nitrogens is 1. The summed E-state index contributed by atoms with van der Waals surface area (Å²) in [7, 11) is 2.08. The Hall–Kier alpha value is -1.61. The van der Waals surface area contributed by atoms with Crippen LogP contribution in [0.15, 0.2) is 24.3 Å². The quantitative estimate of drug-likeness (QED) is 0.861. The second kappa shape index (κ2) is 5.64. The molecule has 0 radical (unpaired) electrons. The summed E-state index contributed by atoms with van der Waals surface area (Å²) in [5, 5.41) is 1.13. The van der Waals surface area contributed by atoms with E-state index >= 15 is 0 Å². The van der Waals surface area contributed by atoms with E-state index in [-0.39, 0.29) is 5.92 Å². The van der Waals surface area contributed by atoms with Gasteiger partial charge in [-0.3, -0.25) is 4.79 Å². The van der Waals surface area contributed by atoms with Crippen molar-refractivity contribution in [3.05, 3.63) is 35.5 Å². The van der Waals surface area contributed by atoms with E-state index in [1.165, 1.54) is 11.2 Å². The molecule has 1 aliphatic rings. The number of carbonyl (C=O) groups excluding carboxylic acids is 1. The first-order chi connectivity index (χ1) is 10.2. The van der Waals surface area contributed by atoms with Crippen molar-refractivity contribution in [3.63, 3.8) is 0 Å². The summed E-state index contributed by atoms with van der Waals surface area (Å²) in [6.45, 7) is 7.26. The van der Waals surface area contributed by atoms with Crippen molar-refractivity contribution in [3.8, 4) is 0 Å². The third-order valence-corrected chi connectivity index (χ3v) is 4.95. The molecule has 0 bridgehead atoms. The molecule has 0 fully saturated rings. The molecule has 0 amide bonds. The summed E-state index contributed by atoms with van der Waals surface area (Å²) in [5.41, 5.74) is 3.38. The van der Waals surface area contributed by atoms with Crippen LogP contribution >= 0.6 is 0 Å². The maximum atomic E-state index is 13.0. The van der Waals surface area contributed by atoms with Gasteiger partial charge in [-0.2, -0.15) is 0 Å². The van der Waals surface area contributed by atoms with Gasteiger partial charge in [-0.25, -0.2) is 0 Å². The van der Waals surface area contributed by atoms with Crippen molar-refractivity contribution >= 4 is 16.7 Å². The van der Waals surface area contributed by atoms with Gasteiger partial charge in [0.2, 0.25) is 0 Å². The fraction of sp³-hybridized carbons (Fsp3) is 0.500. The van der Waals surface area contributed by atoms with Crippen molar-refractivity contribution in [2.75, 3.05) is 19.6 Å². The average molecular weight is 284 g/mol. The SMILES string of the molecule is CCN(CC)C[C@H]1CCc2c(c3ccccc3n2C)C1=O. The Kier molecular flexibility index (Phi) is 3.85. The average Bonchev–Trinajstić information content (AvgIpc) is 2.81. The second-order valence-corrected chi connectivity index (χ2v) is 5.98. The molecule has 0 spiro atoms. The predicted molar refractivity (Wildman–Crippen MR) is 86.8 cm³/mol. The van der Waals surface area contributed by atoms with Crippen LogP contribution in [0.4, 0.5) is 0 Å². The Labute approximate surface area is 126 Å². The molecule has 0 saturated heterocycles. The van der Waals surface area contributed by atoms with Gasteiger partial charge in [0.15, 0.2) is 5.78 Å². The Morgan fingerprint density at radius 3 is 2.67 bits per heavy atom. The van der Waals surface area contributed by atoms with Crippen LogP contribution in [0.25, 0.3) is 10.9 Å². The fourth-order valence-electron chi connectivity index (χ4n) is 3.63. The molecule has 0 saturated carbocycles. The lowest BCUT2D eigenvalue weighted by atomic mass is 9.84. The zero-order valence-corrected chi connectivity index (χ0v) is 13.2. The molecule has 0 unspecified atom stereocenters. The summed E-state index contributed by atoms with van der Waals surface area (Å²) >= 11 is 0. The zero-order valence-electron chi connectivity index (χ0n) is 13.2. The number of hydrogen-bond acceptors (Lipinski definition) is 2. The minimum Gasteiger partial charge on any atom is -0.347 e. The van der Waals surface area contributed by atoms with E-state index in [9.17, 15) is 4.79 Å². The van der Waals surface area contributed by atoms with E-state index in [2.05, 4.69) is 42.5 Å². The molecule has 3 nitrogen and oxygen atoms in total. The second-order valence-electron chi connectivity index (χ2n) is 5.98. The minimum absolute atomic E-state index is 0.156. The van der Waals surface area contributed by atoms with Crippen LogP contribution in [0.2, 0.25) is 0 Å². The molecule has 1 aromatic carbocycles. The molecule has 112 valence electrons. The van der Waals surface area contributed by atoms with Crippen molar-refractivity contribution in [2.24, 2.45) is 13.0 Å². The molecular formula is C18H24N2O. The third kappa shape index (κ3) is 2.30. The molecule has 0 N–H and O–H groups in total. The van der Waals surface area contributed by atoms with Crippen LogP contribution in [0, 0.1) is 5.92 Å². The number of fused-ring (bicyclic) bond motifs is 3. The Morgan fingerprint density at radius 2 is 1.95 bits per heavy atom. The summed E-state index contributed by atoms with van der Waals surface area (Å²) < 4.78 is 2.20. The number of rotatable bonds is 4. The highest BCUT2D eigenvalue weighted by atomic mass is 16.1. The van der Waals surface area contributed by atoms with E-state index in [0.717, 1.165) is 43.4 Å². The van der Waals surface area contributed by atoms with Crippen molar-refractivity contribution in [1.82, 2.24) is 9.47 Å². The third-order valence-electron chi connectivity index (χ3n) is 4.95. The van der Waals surface area contributed by atoms with Crippen molar-refractivity contribution < 1.29 is 4.79 Å². The van der Waals surface area contributed by atoms with Crippen molar-refractivity contribution in [2.45, 2.75) is 26.7 Å². The summed E-state index contributed by atoms with van der Waals surface area (Å²) in [5.74, 6) is 0.503. The smallest absolute Gasteiger partial charge is 0.169 e. The Balaban J connectivity index is 2.00. The van der Waals surface area contributed by atoms with Crippen LogP contribution in [-0.2, 0) is 13.5 Å². The molecule has 3 heteroatoms. The highest BCUT2D eigenvalue weighted by Crippen LogP contribution is 2.33. The Morgan fingerprint density at radius 1 is 1.24 bits per heavy atom. The first kappa shape index (κ1) is 14.3. The predicted octanol–water partition coefficient (Wildman–Crippen LogP) is 3.27. The molecular weight excluding hydrogens is 260 g/mol. The normalized spacial score (nSPS) is 18.5. The largest absolute Gasteiger partial charge is 0.347 e. The first-order valence-electron chi connectivity index (χ1n) is 8.00. The molecule has 1 atom stereocenters. The Bertz CT molecular complexity index is 667. The molecule has 2 aromatic rings. The molecule has 1 heterocycles. The molecule has 0 aliphatic heterocycles. The number of hydrogen-bond donors (Lipinski definition) is 0. The van der Waals surface area contributed by atoms with Gasteiger partial charge in [0, 0.05) is 41.7 Å². The molecule has 1 aromatic heterocycles. The number of ketones is 1. The van der Waals surface area contributed by atoms with Crippen LogP contribution < -0.4 is 0 Å². The van der Waals surface area contributed by atoms with E-state index in [1.807, 2.05) is 12.1 Å². The lowest BCUT2D eigenvalue weighted by molar-refractivity contribution is 0.0863. The lowest BCUT2D eigenvalue weighted by Crippen LogP contribution is -2.35. The van der Waals surface area contributed by atoms with Gasteiger partial charge in [-0.15, -0.1) is 0 Å². The summed E-state index contributed by atoms with van der Waals surface area (Å²) in [6, 6.07) is 8.28. The van der Waals surface area contributed by atoms with Crippen LogP contribution in [0.1, 0.15) is 36.3 Å². The lowest BCUT2D eigenvalue weighted by Gasteiger charge is -2.27. The van der Waals surface area contributed by atoms with Crippen LogP contribution in [0.5, 0.6) is 0 Å². The van der Waals surface area contributed by atoms with Gasteiger partial charge >= 0.3 is 0 Å². The van der Waals surface area contributed by atoms with Crippen molar-refractivity contribution in [1.29, 1.82) is 0 Å². The van der Waals surface area contributed by atoms with E-state index in [0.29, 0.717) is 5.78 Å². The van der Waals surface area contributed by atoms with E-state index < -0.39 is 0 Å². The number of nitrogens with zero attached hydrogens (tertiary/aromatic N) is 2. The highest BCUT2D eigenvalue weighted by molar-refractivity contribution is 6.11. The van der Waals surface area contributed by atoms with Gasteiger partial charge < -0.3 is 9.47 Å². The standard InChI is InChI=1S/C18H24N2O/c1-4-20(5-2)12-13-10-11-16-17(18(13)21)14-8-6-7-9-15(14)19(16)3/h6-9,13H,4-5,10-12H2,1-3H3/t13-/m1/s1. The van der Waals surface area contributed by atoms with E-state index in [4.69, 9.17) is 0 Å². The van der Waals surface area contributed by atoms with Gasteiger partial charge in [-0.1, -0.05) is 32.0 Å². The van der Waals surface area contributed by atoms with Crippen LogP contribution in [-0.4, -0.2) is 34.9 Å². The maximum Gasteiger partial charge on any atom is 0.169 e. The van der Waals surface area contributed by atoms with E-state index in [1.54, 1.807) is 0 Å². The molecule has 21 heavy (non-hydrogen) atoms. The van der Waals surface area contributed by atoms with Gasteiger partial charge in [0.25, 0.3) is 0 Å². The number of Topliss-reactive ketones (excluding diaryl/α,β-unsaturated/α-hetero) is 1. The number of para-hydroxylation sites is 1. The summed E-state index contributed by atoms with van der Waals surface area (Å²) in [6.07, 6.45) is 1.99. The first-order valence-corrected chi connectivity index (χ1v) is 8.00. The topological polar surface area (TPSA) is 25.2 Å². The zero-order chi connectivity index (χ0) is 15.0. The van der Waals surface area contributed by atoms with Crippen LogP contribution in [0.3, 0.4) is 0 Å². The number of carbonyl (C=O) groups is 1.